The van der Waals surface area contributed by atoms with Crippen LogP contribution in [0.5, 0.6) is 5.75 Å². The maximum absolute atomic E-state index is 12.7. The minimum absolute atomic E-state index is 0.0772. The van der Waals surface area contributed by atoms with E-state index in [2.05, 4.69) is 69.6 Å². The Morgan fingerprint density at radius 2 is 1.35 bits per heavy atom. The summed E-state index contributed by atoms with van der Waals surface area (Å²) in [6.45, 7) is 3.45. The van der Waals surface area contributed by atoms with Crippen LogP contribution in [0.15, 0.2) is 78.9 Å². The van der Waals surface area contributed by atoms with Gasteiger partial charge in [0.2, 0.25) is 0 Å². The Balaban J connectivity index is 1.53. The number of nitrogens with zero attached hydrogens (tertiary/aromatic N) is 1. The Kier molecular flexibility index (Phi) is 5.08. The van der Waals surface area contributed by atoms with Crippen LogP contribution in [0.1, 0.15) is 17.2 Å². The molecule has 1 heterocycles. The lowest BCUT2D eigenvalue weighted by atomic mass is 9.87. The molecule has 0 bridgehead atoms. The van der Waals surface area contributed by atoms with Crippen molar-refractivity contribution in [1.29, 1.82) is 0 Å². The highest BCUT2D eigenvalue weighted by Crippen LogP contribution is 2.41. The van der Waals surface area contributed by atoms with E-state index >= 15 is 0 Å². The molecule has 5 aromatic carbocycles. The van der Waals surface area contributed by atoms with Gasteiger partial charge in [-0.25, -0.2) is 0 Å². The van der Waals surface area contributed by atoms with Crippen molar-refractivity contribution in [2.45, 2.75) is 12.4 Å². The van der Waals surface area contributed by atoms with Crippen LogP contribution in [0, 0.1) is 0 Å². The molecule has 1 atom stereocenters. The van der Waals surface area contributed by atoms with Crippen LogP contribution in [0.3, 0.4) is 0 Å². The lowest BCUT2D eigenvalue weighted by molar-refractivity contribution is -0.274. The van der Waals surface area contributed by atoms with E-state index in [9.17, 15) is 13.2 Å². The third-order valence-electron chi connectivity index (χ3n) is 6.80. The van der Waals surface area contributed by atoms with Crippen molar-refractivity contribution < 1.29 is 17.9 Å². The predicted molar refractivity (Wildman–Crippen MR) is 130 cm³/mol. The third-order valence-corrected chi connectivity index (χ3v) is 6.80. The van der Waals surface area contributed by atoms with E-state index in [1.165, 1.54) is 44.5 Å². The summed E-state index contributed by atoms with van der Waals surface area (Å²) in [5.74, 6) is -0.203. The minimum Gasteiger partial charge on any atom is -0.406 e. The van der Waals surface area contributed by atoms with Gasteiger partial charge in [-0.1, -0.05) is 66.7 Å². The smallest absolute Gasteiger partial charge is 0.406 e. The molecular weight excluding hydrogens is 437 g/mol. The summed E-state index contributed by atoms with van der Waals surface area (Å²) in [6, 6.07) is 25.6. The van der Waals surface area contributed by atoms with E-state index in [0.717, 1.165) is 37.3 Å². The second-order valence-electron chi connectivity index (χ2n) is 8.82. The molecule has 34 heavy (non-hydrogen) atoms. The SMILES string of the molecule is FC(F)(F)Oc1ccc([C@@H](c2ccc3ccc4cccc5ccc2c3c45)N2CCNCC2)cc1. The molecule has 1 aliphatic rings. The summed E-state index contributed by atoms with van der Waals surface area (Å²) >= 11 is 0. The first-order valence-corrected chi connectivity index (χ1v) is 11.4. The Hall–Kier alpha value is -3.35. The average molecular weight is 460 g/mol. The number of ether oxygens (including phenoxy) is 1. The molecule has 5 aromatic rings. The van der Waals surface area contributed by atoms with Gasteiger partial charge in [-0.2, -0.15) is 0 Å². The molecule has 0 spiro atoms. The Morgan fingerprint density at radius 3 is 2.03 bits per heavy atom. The lowest BCUT2D eigenvalue weighted by Crippen LogP contribution is -2.45. The Labute approximate surface area is 195 Å². The quantitative estimate of drug-likeness (QED) is 0.311. The summed E-state index contributed by atoms with van der Waals surface area (Å²) < 4.78 is 42.2. The van der Waals surface area contributed by atoms with Gasteiger partial charge in [0.15, 0.2) is 0 Å². The van der Waals surface area contributed by atoms with Gasteiger partial charge >= 0.3 is 6.36 Å². The van der Waals surface area contributed by atoms with Crippen molar-refractivity contribution in [2.24, 2.45) is 0 Å². The summed E-state index contributed by atoms with van der Waals surface area (Å²) in [6.07, 6.45) is -4.70. The van der Waals surface area contributed by atoms with Crippen molar-refractivity contribution >= 4 is 32.3 Å². The number of benzene rings is 5. The fraction of sp³-hybridized carbons (Fsp3) is 0.214. The van der Waals surface area contributed by atoms with Gasteiger partial charge in [-0.05, 0) is 55.6 Å². The van der Waals surface area contributed by atoms with E-state index in [-0.39, 0.29) is 11.8 Å². The van der Waals surface area contributed by atoms with Gasteiger partial charge in [-0.3, -0.25) is 4.90 Å². The van der Waals surface area contributed by atoms with Crippen LogP contribution in [0.4, 0.5) is 13.2 Å². The molecule has 0 aromatic heterocycles. The third kappa shape index (κ3) is 3.73. The van der Waals surface area contributed by atoms with E-state index in [1.54, 1.807) is 12.1 Å². The molecule has 1 N–H and O–H groups in total. The molecule has 6 rings (SSSR count). The number of rotatable bonds is 4. The van der Waals surface area contributed by atoms with Gasteiger partial charge < -0.3 is 10.1 Å². The minimum atomic E-state index is -4.70. The fourth-order valence-corrected chi connectivity index (χ4v) is 5.38. The molecule has 172 valence electrons. The highest BCUT2D eigenvalue weighted by atomic mass is 19.4. The zero-order chi connectivity index (χ0) is 23.3. The van der Waals surface area contributed by atoms with Gasteiger partial charge in [-0.15, -0.1) is 13.2 Å². The van der Waals surface area contributed by atoms with Gasteiger partial charge in [0, 0.05) is 26.2 Å². The molecule has 0 saturated carbocycles. The first kappa shape index (κ1) is 21.2. The molecule has 0 radical (unpaired) electrons. The number of alkyl halides is 3. The van der Waals surface area contributed by atoms with Crippen molar-refractivity contribution in [2.75, 3.05) is 26.2 Å². The molecule has 0 amide bonds. The highest BCUT2D eigenvalue weighted by Gasteiger charge is 2.31. The summed E-state index contributed by atoms with van der Waals surface area (Å²) in [7, 11) is 0. The van der Waals surface area contributed by atoms with E-state index < -0.39 is 6.36 Å². The van der Waals surface area contributed by atoms with Crippen LogP contribution in [-0.2, 0) is 0 Å². The van der Waals surface area contributed by atoms with Crippen LogP contribution in [-0.4, -0.2) is 37.4 Å². The summed E-state index contributed by atoms with van der Waals surface area (Å²) in [5, 5.41) is 10.7. The molecule has 1 aliphatic heterocycles. The van der Waals surface area contributed by atoms with Crippen LogP contribution >= 0.6 is 0 Å². The topological polar surface area (TPSA) is 24.5 Å². The van der Waals surface area contributed by atoms with Gasteiger partial charge in [0.05, 0.1) is 6.04 Å². The molecule has 1 saturated heterocycles. The van der Waals surface area contributed by atoms with Crippen molar-refractivity contribution in [3.63, 3.8) is 0 Å². The van der Waals surface area contributed by atoms with Crippen molar-refractivity contribution in [1.82, 2.24) is 10.2 Å². The summed E-state index contributed by atoms with van der Waals surface area (Å²) in [4.78, 5) is 2.41. The number of piperazine rings is 1. The zero-order valence-corrected chi connectivity index (χ0v) is 18.4. The largest absolute Gasteiger partial charge is 0.573 e. The van der Waals surface area contributed by atoms with Gasteiger partial charge in [0.1, 0.15) is 5.75 Å². The molecule has 6 heteroatoms. The van der Waals surface area contributed by atoms with Crippen molar-refractivity contribution in [3.8, 4) is 5.75 Å². The van der Waals surface area contributed by atoms with E-state index in [0.29, 0.717) is 0 Å². The Bertz CT molecular complexity index is 1440. The van der Waals surface area contributed by atoms with E-state index in [1.807, 2.05) is 0 Å². The first-order valence-electron chi connectivity index (χ1n) is 11.4. The number of hydrogen-bond acceptors (Lipinski definition) is 3. The molecule has 3 nitrogen and oxygen atoms in total. The average Bonchev–Trinajstić information content (AvgIpc) is 2.84. The maximum Gasteiger partial charge on any atom is 0.573 e. The number of nitrogens with one attached hydrogen (secondary N) is 1. The summed E-state index contributed by atoms with van der Waals surface area (Å²) in [5.41, 5.74) is 2.11. The first-order chi connectivity index (χ1) is 16.5. The van der Waals surface area contributed by atoms with Crippen LogP contribution < -0.4 is 10.1 Å². The number of hydrogen-bond donors (Lipinski definition) is 1. The normalized spacial score (nSPS) is 16.4. The predicted octanol–water partition coefficient (Wildman–Crippen LogP) is 6.48. The van der Waals surface area contributed by atoms with Crippen LogP contribution in [0.25, 0.3) is 32.3 Å². The fourth-order valence-electron chi connectivity index (χ4n) is 5.38. The lowest BCUT2D eigenvalue weighted by Gasteiger charge is -2.36. The molecular formula is C28H23F3N2O. The monoisotopic (exact) mass is 460 g/mol. The molecule has 1 fully saturated rings. The second-order valence-corrected chi connectivity index (χ2v) is 8.82. The zero-order valence-electron chi connectivity index (χ0n) is 18.4. The van der Waals surface area contributed by atoms with E-state index in [4.69, 9.17) is 0 Å². The molecule has 0 aliphatic carbocycles. The van der Waals surface area contributed by atoms with Gasteiger partial charge in [0.25, 0.3) is 0 Å². The molecule has 0 unspecified atom stereocenters. The Morgan fingerprint density at radius 1 is 0.735 bits per heavy atom. The second kappa shape index (κ2) is 8.15. The maximum atomic E-state index is 12.7. The van der Waals surface area contributed by atoms with Crippen molar-refractivity contribution in [3.05, 3.63) is 90.0 Å². The van der Waals surface area contributed by atoms with Crippen LogP contribution in [0.2, 0.25) is 0 Å². The standard InChI is InChI=1S/C28H23F3N2O/c29-28(30,31)34-22-10-6-21(7-11-22)27(33-16-14-32-15-17-33)24-13-9-20-5-4-18-2-1-3-19-8-12-23(24)26(20)25(18)19/h1-13,27,32H,14-17H2/t27-/m0/s1. The number of halogens is 3. The highest BCUT2D eigenvalue weighted by molar-refractivity contribution is 6.23.